The highest BCUT2D eigenvalue weighted by atomic mass is 35.5. The SMILES string of the molecule is CC1CCN(c2ccccc2Cl)C(=O)C(CO)N1. The van der Waals surface area contributed by atoms with Crippen LogP contribution in [0.25, 0.3) is 0 Å². The molecule has 1 saturated heterocycles. The summed E-state index contributed by atoms with van der Waals surface area (Å²) in [5, 5.41) is 13.0. The second kappa shape index (κ2) is 5.69. The molecule has 2 atom stereocenters. The first-order valence-electron chi connectivity index (χ1n) is 6.06. The predicted octanol–water partition coefficient (Wildman–Crippen LogP) is 1.42. The van der Waals surface area contributed by atoms with Gasteiger partial charge in [0.2, 0.25) is 5.91 Å². The van der Waals surface area contributed by atoms with E-state index < -0.39 is 6.04 Å². The Morgan fingerprint density at radius 1 is 1.50 bits per heavy atom. The van der Waals surface area contributed by atoms with E-state index in [9.17, 15) is 9.90 Å². The lowest BCUT2D eigenvalue weighted by Gasteiger charge is -2.24. The lowest BCUT2D eigenvalue weighted by Crippen LogP contribution is -2.47. The van der Waals surface area contributed by atoms with Gasteiger partial charge in [0.25, 0.3) is 0 Å². The van der Waals surface area contributed by atoms with Crippen LogP contribution in [0.5, 0.6) is 0 Å². The van der Waals surface area contributed by atoms with Crippen molar-refractivity contribution >= 4 is 23.2 Å². The van der Waals surface area contributed by atoms with Crippen molar-refractivity contribution in [2.45, 2.75) is 25.4 Å². The van der Waals surface area contributed by atoms with Gasteiger partial charge in [0.15, 0.2) is 0 Å². The zero-order valence-electron chi connectivity index (χ0n) is 10.3. The zero-order valence-corrected chi connectivity index (χ0v) is 11.0. The van der Waals surface area contributed by atoms with E-state index in [0.717, 1.165) is 6.42 Å². The molecule has 1 aromatic rings. The number of aliphatic hydroxyl groups excluding tert-OH is 1. The maximum absolute atomic E-state index is 12.3. The highest BCUT2D eigenvalue weighted by Gasteiger charge is 2.30. The van der Waals surface area contributed by atoms with Crippen LogP contribution < -0.4 is 10.2 Å². The molecule has 2 unspecified atom stereocenters. The zero-order chi connectivity index (χ0) is 13.1. The van der Waals surface area contributed by atoms with Crippen molar-refractivity contribution in [1.82, 2.24) is 5.32 Å². The summed E-state index contributed by atoms with van der Waals surface area (Å²) in [6.07, 6.45) is 0.827. The standard InChI is InChI=1S/C13H17ClN2O2/c1-9-6-7-16(13(18)11(8-17)15-9)12-5-3-2-4-10(12)14/h2-5,9,11,15,17H,6-8H2,1H3. The Kier molecular flexibility index (Phi) is 4.22. The molecule has 0 radical (unpaired) electrons. The fourth-order valence-corrected chi connectivity index (χ4v) is 2.40. The van der Waals surface area contributed by atoms with Crippen LogP contribution in [0.4, 0.5) is 5.69 Å². The normalized spacial score (nSPS) is 25.1. The van der Waals surface area contributed by atoms with Crippen LogP contribution in [0.15, 0.2) is 24.3 Å². The number of benzene rings is 1. The first-order chi connectivity index (χ1) is 8.63. The van der Waals surface area contributed by atoms with Gasteiger partial charge in [-0.1, -0.05) is 23.7 Å². The molecule has 0 aliphatic carbocycles. The predicted molar refractivity (Wildman–Crippen MR) is 71.9 cm³/mol. The lowest BCUT2D eigenvalue weighted by molar-refractivity contribution is -0.121. The second-order valence-electron chi connectivity index (χ2n) is 4.53. The van der Waals surface area contributed by atoms with Gasteiger partial charge in [0.1, 0.15) is 6.04 Å². The van der Waals surface area contributed by atoms with Crippen molar-refractivity contribution < 1.29 is 9.90 Å². The molecule has 1 heterocycles. The van der Waals surface area contributed by atoms with Gasteiger partial charge in [-0.3, -0.25) is 4.79 Å². The van der Waals surface area contributed by atoms with Gasteiger partial charge in [-0.2, -0.15) is 0 Å². The lowest BCUT2D eigenvalue weighted by atomic mass is 10.2. The Bertz CT molecular complexity index is 439. The minimum Gasteiger partial charge on any atom is -0.394 e. The summed E-state index contributed by atoms with van der Waals surface area (Å²) >= 11 is 6.13. The molecule has 1 aromatic carbocycles. The summed E-state index contributed by atoms with van der Waals surface area (Å²) in [4.78, 5) is 14.0. The molecule has 1 fully saturated rings. The quantitative estimate of drug-likeness (QED) is 0.853. The number of rotatable bonds is 2. The molecular formula is C13H17ClN2O2. The largest absolute Gasteiger partial charge is 0.394 e. The van der Waals surface area contributed by atoms with Gasteiger partial charge in [-0.15, -0.1) is 0 Å². The topological polar surface area (TPSA) is 52.6 Å². The molecule has 18 heavy (non-hydrogen) atoms. The average molecular weight is 269 g/mol. The van der Waals surface area contributed by atoms with Gasteiger partial charge in [-0.25, -0.2) is 0 Å². The first kappa shape index (κ1) is 13.3. The summed E-state index contributed by atoms with van der Waals surface area (Å²) in [7, 11) is 0. The molecule has 1 aliphatic rings. The molecule has 0 spiro atoms. The molecule has 5 heteroatoms. The maximum Gasteiger partial charge on any atom is 0.246 e. The van der Waals surface area contributed by atoms with Crippen molar-refractivity contribution in [2.75, 3.05) is 18.1 Å². The van der Waals surface area contributed by atoms with Crippen LogP contribution in [-0.4, -0.2) is 36.2 Å². The van der Waals surface area contributed by atoms with Crippen molar-refractivity contribution in [3.8, 4) is 0 Å². The van der Waals surface area contributed by atoms with E-state index in [-0.39, 0.29) is 18.6 Å². The number of carbonyl (C=O) groups is 1. The Labute approximate surface area is 112 Å². The van der Waals surface area contributed by atoms with Gasteiger partial charge < -0.3 is 15.3 Å². The number of nitrogens with one attached hydrogen (secondary N) is 1. The number of aliphatic hydroxyl groups is 1. The third-order valence-corrected chi connectivity index (χ3v) is 3.48. The van der Waals surface area contributed by atoms with Gasteiger partial charge >= 0.3 is 0 Å². The maximum atomic E-state index is 12.3. The third-order valence-electron chi connectivity index (χ3n) is 3.16. The van der Waals surface area contributed by atoms with E-state index >= 15 is 0 Å². The fourth-order valence-electron chi connectivity index (χ4n) is 2.16. The molecule has 0 aromatic heterocycles. The van der Waals surface area contributed by atoms with Crippen LogP contribution in [0.3, 0.4) is 0 Å². The van der Waals surface area contributed by atoms with E-state index in [1.54, 1.807) is 11.0 Å². The smallest absolute Gasteiger partial charge is 0.246 e. The number of amides is 1. The highest BCUT2D eigenvalue weighted by Crippen LogP contribution is 2.27. The van der Waals surface area contributed by atoms with Crippen molar-refractivity contribution in [3.63, 3.8) is 0 Å². The summed E-state index contributed by atoms with van der Waals surface area (Å²) in [5.41, 5.74) is 0.707. The Morgan fingerprint density at radius 2 is 2.22 bits per heavy atom. The average Bonchev–Trinajstić information content (AvgIpc) is 2.50. The molecule has 98 valence electrons. The van der Waals surface area contributed by atoms with Crippen LogP contribution >= 0.6 is 11.6 Å². The van der Waals surface area contributed by atoms with E-state index in [4.69, 9.17) is 11.6 Å². The minimum absolute atomic E-state index is 0.130. The summed E-state index contributed by atoms with van der Waals surface area (Å²) in [6, 6.07) is 6.91. The summed E-state index contributed by atoms with van der Waals surface area (Å²) in [6.45, 7) is 2.41. The van der Waals surface area contributed by atoms with E-state index in [1.807, 2.05) is 25.1 Å². The van der Waals surface area contributed by atoms with E-state index in [0.29, 0.717) is 17.3 Å². The van der Waals surface area contributed by atoms with Crippen LogP contribution in [0.1, 0.15) is 13.3 Å². The number of hydrogen-bond donors (Lipinski definition) is 2. The molecule has 0 bridgehead atoms. The summed E-state index contributed by atoms with van der Waals surface area (Å²) < 4.78 is 0. The van der Waals surface area contributed by atoms with Crippen LogP contribution in [0.2, 0.25) is 5.02 Å². The molecule has 4 nitrogen and oxygen atoms in total. The molecule has 2 N–H and O–H groups in total. The number of hydrogen-bond acceptors (Lipinski definition) is 3. The van der Waals surface area contributed by atoms with Gasteiger partial charge in [0.05, 0.1) is 17.3 Å². The third kappa shape index (κ3) is 2.66. The monoisotopic (exact) mass is 268 g/mol. The number of para-hydroxylation sites is 1. The Morgan fingerprint density at radius 3 is 2.89 bits per heavy atom. The van der Waals surface area contributed by atoms with Gasteiger partial charge in [0, 0.05) is 12.6 Å². The number of nitrogens with zero attached hydrogens (tertiary/aromatic N) is 1. The fraction of sp³-hybridized carbons (Fsp3) is 0.462. The van der Waals surface area contributed by atoms with Gasteiger partial charge in [-0.05, 0) is 25.5 Å². The minimum atomic E-state index is -0.557. The van der Waals surface area contributed by atoms with Crippen molar-refractivity contribution in [3.05, 3.63) is 29.3 Å². The molecule has 1 amide bonds. The molecule has 0 saturated carbocycles. The molecule has 2 rings (SSSR count). The molecule has 1 aliphatic heterocycles. The first-order valence-corrected chi connectivity index (χ1v) is 6.44. The van der Waals surface area contributed by atoms with Crippen molar-refractivity contribution in [2.24, 2.45) is 0 Å². The highest BCUT2D eigenvalue weighted by molar-refractivity contribution is 6.33. The number of halogens is 1. The van der Waals surface area contributed by atoms with Crippen molar-refractivity contribution in [1.29, 1.82) is 0 Å². The van der Waals surface area contributed by atoms with E-state index in [1.165, 1.54) is 0 Å². The van der Waals surface area contributed by atoms with Crippen LogP contribution in [-0.2, 0) is 4.79 Å². The Hall–Kier alpha value is -1.10. The number of anilines is 1. The summed E-state index contributed by atoms with van der Waals surface area (Å²) in [5.74, 6) is -0.130. The van der Waals surface area contributed by atoms with Crippen LogP contribution in [0, 0.1) is 0 Å². The number of carbonyl (C=O) groups excluding carboxylic acids is 1. The Balaban J connectivity index is 2.31. The van der Waals surface area contributed by atoms with E-state index in [2.05, 4.69) is 5.32 Å². The molecular weight excluding hydrogens is 252 g/mol. The second-order valence-corrected chi connectivity index (χ2v) is 4.94.